The van der Waals surface area contributed by atoms with Gasteiger partial charge in [-0.3, -0.25) is 9.79 Å². The molecule has 132 valence electrons. The van der Waals surface area contributed by atoms with Gasteiger partial charge < -0.3 is 20.4 Å². The smallest absolute Gasteiger partial charge is 0.224 e. The second-order valence-corrected chi connectivity index (χ2v) is 6.43. The van der Waals surface area contributed by atoms with Crippen LogP contribution in [0.25, 0.3) is 0 Å². The Hall–Kier alpha value is -1.30. The zero-order valence-electron chi connectivity index (χ0n) is 14.6. The fourth-order valence-electron chi connectivity index (χ4n) is 3.24. The molecule has 0 aromatic heterocycles. The molecule has 0 aromatic rings. The minimum atomic E-state index is 0.263. The molecule has 0 atom stereocenters. The molecule has 0 bridgehead atoms. The van der Waals surface area contributed by atoms with E-state index in [9.17, 15) is 4.79 Å². The van der Waals surface area contributed by atoms with Gasteiger partial charge in [0.25, 0.3) is 0 Å². The van der Waals surface area contributed by atoms with Crippen LogP contribution in [0.4, 0.5) is 0 Å². The molecular weight excluding hydrogens is 290 g/mol. The van der Waals surface area contributed by atoms with Crippen molar-refractivity contribution in [1.82, 2.24) is 20.4 Å². The predicted octanol–water partition coefficient (Wildman–Crippen LogP) is 1.04. The Morgan fingerprint density at radius 1 is 1.00 bits per heavy atom. The van der Waals surface area contributed by atoms with E-state index in [0.29, 0.717) is 13.0 Å². The molecule has 2 N–H and O–H groups in total. The summed E-state index contributed by atoms with van der Waals surface area (Å²) in [6.07, 6.45) is 6.87. The zero-order chi connectivity index (χ0) is 16.3. The summed E-state index contributed by atoms with van der Waals surface area (Å²) in [5.74, 6) is 1.10. The summed E-state index contributed by atoms with van der Waals surface area (Å²) in [4.78, 5) is 21.1. The van der Waals surface area contributed by atoms with Gasteiger partial charge in [0, 0.05) is 39.1 Å². The molecule has 2 aliphatic rings. The standard InChI is InChI=1S/C17H33N5O/c1-2-18-17(20-10-15-21-11-4-3-5-12-21)19-9-8-16(23)22-13-6-7-14-22/h2-15H2,1H3,(H2,18,19,20). The van der Waals surface area contributed by atoms with Crippen LogP contribution in [-0.2, 0) is 4.79 Å². The van der Waals surface area contributed by atoms with Crippen LogP contribution in [0, 0.1) is 0 Å². The summed E-state index contributed by atoms with van der Waals surface area (Å²) < 4.78 is 0. The van der Waals surface area contributed by atoms with Gasteiger partial charge in [-0.15, -0.1) is 0 Å². The van der Waals surface area contributed by atoms with Gasteiger partial charge in [0.05, 0.1) is 6.54 Å². The van der Waals surface area contributed by atoms with Crippen molar-refractivity contribution in [2.24, 2.45) is 4.99 Å². The topological polar surface area (TPSA) is 60.0 Å². The minimum absolute atomic E-state index is 0.263. The Morgan fingerprint density at radius 3 is 2.39 bits per heavy atom. The van der Waals surface area contributed by atoms with Crippen LogP contribution in [0.1, 0.15) is 45.4 Å². The number of carbonyl (C=O) groups is 1. The summed E-state index contributed by atoms with van der Waals surface area (Å²) in [5.41, 5.74) is 0. The molecule has 2 rings (SSSR count). The SMILES string of the molecule is CCNC(=NCCN1CCCCC1)NCCC(=O)N1CCCC1. The molecule has 0 unspecified atom stereocenters. The fourth-order valence-corrected chi connectivity index (χ4v) is 3.24. The molecule has 0 radical (unpaired) electrons. The van der Waals surface area contributed by atoms with E-state index in [1.807, 2.05) is 4.90 Å². The molecule has 1 amide bonds. The second-order valence-electron chi connectivity index (χ2n) is 6.43. The van der Waals surface area contributed by atoms with Crippen molar-refractivity contribution in [2.45, 2.75) is 45.4 Å². The first kappa shape index (κ1) is 18.0. The number of carbonyl (C=O) groups excluding carboxylic acids is 1. The largest absolute Gasteiger partial charge is 0.357 e. The van der Waals surface area contributed by atoms with Gasteiger partial charge in [-0.2, -0.15) is 0 Å². The Labute approximate surface area is 140 Å². The van der Waals surface area contributed by atoms with Gasteiger partial charge in [0.1, 0.15) is 0 Å². The molecule has 0 saturated carbocycles. The molecule has 0 aromatic carbocycles. The number of piperidine rings is 1. The summed E-state index contributed by atoms with van der Waals surface area (Å²) in [6.45, 7) is 9.70. The lowest BCUT2D eigenvalue weighted by Gasteiger charge is -2.25. The second kappa shape index (κ2) is 10.5. The highest BCUT2D eigenvalue weighted by atomic mass is 16.2. The van der Waals surface area contributed by atoms with E-state index in [-0.39, 0.29) is 5.91 Å². The molecule has 0 spiro atoms. The van der Waals surface area contributed by atoms with Crippen LogP contribution in [0.5, 0.6) is 0 Å². The molecule has 6 nitrogen and oxygen atoms in total. The van der Waals surface area contributed by atoms with E-state index in [1.165, 1.54) is 32.4 Å². The van der Waals surface area contributed by atoms with Gasteiger partial charge >= 0.3 is 0 Å². The number of nitrogens with one attached hydrogen (secondary N) is 2. The number of likely N-dealkylation sites (tertiary alicyclic amines) is 2. The molecule has 6 heteroatoms. The Morgan fingerprint density at radius 2 is 1.70 bits per heavy atom. The molecule has 2 aliphatic heterocycles. The molecule has 2 fully saturated rings. The highest BCUT2D eigenvalue weighted by Gasteiger charge is 2.17. The summed E-state index contributed by atoms with van der Waals surface area (Å²) >= 11 is 0. The number of guanidine groups is 1. The maximum absolute atomic E-state index is 12.0. The lowest BCUT2D eigenvalue weighted by atomic mass is 10.1. The first-order valence-electron chi connectivity index (χ1n) is 9.32. The maximum atomic E-state index is 12.0. The average Bonchev–Trinajstić information content (AvgIpc) is 3.10. The molecular formula is C17H33N5O. The van der Waals surface area contributed by atoms with Crippen LogP contribution in [0.3, 0.4) is 0 Å². The lowest BCUT2D eigenvalue weighted by Crippen LogP contribution is -2.40. The van der Waals surface area contributed by atoms with Crippen molar-refractivity contribution in [1.29, 1.82) is 0 Å². The minimum Gasteiger partial charge on any atom is -0.357 e. The third-order valence-electron chi connectivity index (χ3n) is 4.57. The normalized spacial score (nSPS) is 19.9. The maximum Gasteiger partial charge on any atom is 0.224 e. The van der Waals surface area contributed by atoms with Crippen molar-refractivity contribution in [3.8, 4) is 0 Å². The average molecular weight is 323 g/mol. The van der Waals surface area contributed by atoms with Gasteiger partial charge in [-0.25, -0.2) is 0 Å². The molecule has 23 heavy (non-hydrogen) atoms. The molecule has 2 heterocycles. The number of rotatable bonds is 7. The number of amides is 1. The van der Waals surface area contributed by atoms with E-state index in [4.69, 9.17) is 0 Å². The van der Waals surface area contributed by atoms with Crippen LogP contribution in [0.15, 0.2) is 4.99 Å². The Bertz CT molecular complexity index is 373. The van der Waals surface area contributed by atoms with Crippen LogP contribution in [0.2, 0.25) is 0 Å². The van der Waals surface area contributed by atoms with Gasteiger partial charge in [0.2, 0.25) is 5.91 Å². The van der Waals surface area contributed by atoms with E-state index in [0.717, 1.165) is 51.5 Å². The highest BCUT2D eigenvalue weighted by Crippen LogP contribution is 2.08. The third kappa shape index (κ3) is 6.77. The van der Waals surface area contributed by atoms with Gasteiger partial charge in [-0.05, 0) is 45.7 Å². The first-order chi connectivity index (χ1) is 11.3. The van der Waals surface area contributed by atoms with Crippen molar-refractivity contribution < 1.29 is 4.79 Å². The monoisotopic (exact) mass is 323 g/mol. The summed E-state index contributed by atoms with van der Waals surface area (Å²) in [7, 11) is 0. The molecule has 2 saturated heterocycles. The van der Waals surface area contributed by atoms with Crippen LogP contribution < -0.4 is 10.6 Å². The third-order valence-corrected chi connectivity index (χ3v) is 4.57. The summed E-state index contributed by atoms with van der Waals surface area (Å²) in [6, 6.07) is 0. The fraction of sp³-hybridized carbons (Fsp3) is 0.882. The van der Waals surface area contributed by atoms with Crippen molar-refractivity contribution in [2.75, 3.05) is 52.4 Å². The first-order valence-corrected chi connectivity index (χ1v) is 9.32. The molecule has 0 aliphatic carbocycles. The quantitative estimate of drug-likeness (QED) is 0.543. The lowest BCUT2D eigenvalue weighted by molar-refractivity contribution is -0.129. The number of hydrogen-bond donors (Lipinski definition) is 2. The van der Waals surface area contributed by atoms with E-state index < -0.39 is 0 Å². The Balaban J connectivity index is 1.65. The van der Waals surface area contributed by atoms with Crippen molar-refractivity contribution in [3.63, 3.8) is 0 Å². The van der Waals surface area contributed by atoms with Gasteiger partial charge in [0.15, 0.2) is 5.96 Å². The van der Waals surface area contributed by atoms with E-state index >= 15 is 0 Å². The van der Waals surface area contributed by atoms with Gasteiger partial charge in [-0.1, -0.05) is 6.42 Å². The van der Waals surface area contributed by atoms with E-state index in [2.05, 4.69) is 27.4 Å². The van der Waals surface area contributed by atoms with E-state index in [1.54, 1.807) is 0 Å². The Kier molecular flexibility index (Phi) is 8.21. The predicted molar refractivity (Wildman–Crippen MR) is 94.7 cm³/mol. The van der Waals surface area contributed by atoms with Crippen molar-refractivity contribution >= 4 is 11.9 Å². The highest BCUT2D eigenvalue weighted by molar-refractivity contribution is 5.81. The number of aliphatic imine (C=N–C) groups is 1. The number of hydrogen-bond acceptors (Lipinski definition) is 3. The van der Waals surface area contributed by atoms with Crippen molar-refractivity contribution in [3.05, 3.63) is 0 Å². The van der Waals surface area contributed by atoms with Crippen LogP contribution in [-0.4, -0.2) is 74.0 Å². The number of nitrogens with zero attached hydrogens (tertiary/aromatic N) is 3. The summed E-state index contributed by atoms with van der Waals surface area (Å²) in [5, 5.41) is 6.54. The van der Waals surface area contributed by atoms with Crippen LogP contribution >= 0.6 is 0 Å². The zero-order valence-corrected chi connectivity index (χ0v) is 14.6.